The molecule has 1 aliphatic heterocycles. The minimum atomic E-state index is -0.596. The Morgan fingerprint density at radius 3 is 2.50 bits per heavy atom. The van der Waals surface area contributed by atoms with Gasteiger partial charge in [0.25, 0.3) is 0 Å². The zero-order chi connectivity index (χ0) is 17.2. The van der Waals surface area contributed by atoms with Crippen LogP contribution in [0.15, 0.2) is 35.4 Å². The van der Waals surface area contributed by atoms with Crippen molar-refractivity contribution in [2.45, 2.75) is 26.4 Å². The van der Waals surface area contributed by atoms with Gasteiger partial charge in [0.15, 0.2) is 0 Å². The molecule has 1 unspecified atom stereocenters. The van der Waals surface area contributed by atoms with E-state index in [9.17, 15) is 9.59 Å². The van der Waals surface area contributed by atoms with Crippen molar-refractivity contribution in [2.24, 2.45) is 22.4 Å². The van der Waals surface area contributed by atoms with Crippen LogP contribution >= 0.6 is 0 Å². The molecule has 2 fully saturated rings. The van der Waals surface area contributed by atoms with Gasteiger partial charge in [0.2, 0.25) is 5.91 Å². The van der Waals surface area contributed by atoms with Gasteiger partial charge in [-0.3, -0.25) is 4.79 Å². The summed E-state index contributed by atoms with van der Waals surface area (Å²) in [6, 6.07) is 9.56. The number of ether oxygens (including phenoxy) is 1. The van der Waals surface area contributed by atoms with Gasteiger partial charge >= 0.3 is 6.09 Å². The van der Waals surface area contributed by atoms with Crippen molar-refractivity contribution in [1.29, 1.82) is 0 Å². The van der Waals surface area contributed by atoms with Gasteiger partial charge < -0.3 is 9.64 Å². The van der Waals surface area contributed by atoms with Crippen LogP contribution in [0.3, 0.4) is 0 Å². The molecule has 7 heteroatoms. The molecule has 0 N–H and O–H groups in total. The average molecular weight is 328 g/mol. The third kappa shape index (κ3) is 3.21. The highest BCUT2D eigenvalue weighted by Gasteiger charge is 2.50. The molecule has 1 heterocycles. The summed E-state index contributed by atoms with van der Waals surface area (Å²) in [5, 5.41) is 3.26. The highest BCUT2D eigenvalue weighted by Crippen LogP contribution is 2.49. The minimum absolute atomic E-state index is 0.261. The number of benzene rings is 1. The number of likely N-dealkylation sites (tertiary alicyclic amines) is 1. The molecule has 0 radical (unpaired) electrons. The van der Waals surface area contributed by atoms with Crippen LogP contribution in [0, 0.1) is 17.3 Å². The zero-order valence-electron chi connectivity index (χ0n) is 13.6. The summed E-state index contributed by atoms with van der Waals surface area (Å²) in [5.74, 6) is 0.131. The van der Waals surface area contributed by atoms with Gasteiger partial charge in [-0.2, -0.15) is 0 Å². The average Bonchev–Trinajstić information content (AvgIpc) is 3.09. The maximum absolute atomic E-state index is 12.2. The highest BCUT2D eigenvalue weighted by molar-refractivity contribution is 5.83. The summed E-state index contributed by atoms with van der Waals surface area (Å²) < 4.78 is 5.37. The molecule has 1 aliphatic carbocycles. The Kier molecular flexibility index (Phi) is 4.44. The van der Waals surface area contributed by atoms with Crippen molar-refractivity contribution in [1.82, 2.24) is 4.90 Å². The van der Waals surface area contributed by atoms with E-state index in [0.29, 0.717) is 25.9 Å². The topological polar surface area (TPSA) is 95.4 Å². The van der Waals surface area contributed by atoms with Crippen LogP contribution in [0.2, 0.25) is 0 Å². The van der Waals surface area contributed by atoms with Gasteiger partial charge in [0, 0.05) is 23.4 Å². The van der Waals surface area contributed by atoms with E-state index in [1.54, 1.807) is 4.90 Å². The van der Waals surface area contributed by atoms with E-state index < -0.39 is 11.3 Å². The molecule has 126 valence electrons. The molecule has 3 atom stereocenters. The van der Waals surface area contributed by atoms with Gasteiger partial charge in [0.1, 0.15) is 6.61 Å². The van der Waals surface area contributed by atoms with Gasteiger partial charge in [-0.05, 0) is 40.9 Å². The lowest BCUT2D eigenvalue weighted by molar-refractivity contribution is -0.126. The molecule has 24 heavy (non-hydrogen) atoms. The van der Waals surface area contributed by atoms with Crippen LogP contribution in [0.5, 0.6) is 0 Å². The number of hydrogen-bond donors (Lipinski definition) is 0. The molecular formula is C17H20N4O3. The van der Waals surface area contributed by atoms with Gasteiger partial charge in [-0.25, -0.2) is 4.79 Å². The predicted octanol–water partition coefficient (Wildman–Crippen LogP) is 3.51. The van der Waals surface area contributed by atoms with Crippen LogP contribution < -0.4 is 0 Å². The summed E-state index contributed by atoms with van der Waals surface area (Å²) in [4.78, 5) is 28.5. The lowest BCUT2D eigenvalue weighted by Crippen LogP contribution is -2.32. The first-order valence-corrected chi connectivity index (χ1v) is 8.07. The number of nitrogens with zero attached hydrogens (tertiary/aromatic N) is 4. The predicted molar refractivity (Wildman–Crippen MR) is 86.7 cm³/mol. The fourth-order valence-electron chi connectivity index (χ4n) is 3.94. The molecule has 3 rings (SSSR count). The van der Waals surface area contributed by atoms with Crippen molar-refractivity contribution in [3.63, 3.8) is 0 Å². The minimum Gasteiger partial charge on any atom is -0.445 e. The fourth-order valence-corrected chi connectivity index (χ4v) is 3.94. The molecule has 1 saturated heterocycles. The Morgan fingerprint density at radius 2 is 1.92 bits per heavy atom. The Balaban J connectivity index is 1.53. The SMILES string of the molecule is CC1(C(=O)N=[N+]=[N-])C[C@H]2CN(C(=O)OCc3ccccc3)C[C@H]2C1. The number of azide groups is 1. The third-order valence-electron chi connectivity index (χ3n) is 5.12. The van der Waals surface area contributed by atoms with Crippen molar-refractivity contribution in [3.05, 3.63) is 46.3 Å². The smallest absolute Gasteiger partial charge is 0.410 e. The maximum Gasteiger partial charge on any atom is 0.410 e. The highest BCUT2D eigenvalue weighted by atomic mass is 16.6. The van der Waals surface area contributed by atoms with Gasteiger partial charge in [0.05, 0.1) is 0 Å². The van der Waals surface area contributed by atoms with Crippen molar-refractivity contribution in [2.75, 3.05) is 13.1 Å². The van der Waals surface area contributed by atoms with Gasteiger partial charge in [-0.15, -0.1) is 0 Å². The van der Waals surface area contributed by atoms with E-state index in [2.05, 4.69) is 10.0 Å². The molecule has 0 spiro atoms. The Labute approximate surface area is 140 Å². The first-order valence-electron chi connectivity index (χ1n) is 8.07. The molecule has 1 aromatic rings. The molecule has 2 amide bonds. The lowest BCUT2D eigenvalue weighted by atomic mass is 9.86. The molecule has 0 bridgehead atoms. The number of fused-ring (bicyclic) bond motifs is 1. The maximum atomic E-state index is 12.2. The summed E-state index contributed by atoms with van der Waals surface area (Å²) in [5.41, 5.74) is 8.81. The van der Waals surface area contributed by atoms with Gasteiger partial charge in [-0.1, -0.05) is 37.3 Å². The van der Waals surface area contributed by atoms with Crippen molar-refractivity contribution >= 4 is 12.0 Å². The molecule has 1 saturated carbocycles. The van der Waals surface area contributed by atoms with Crippen LogP contribution in [0.25, 0.3) is 10.4 Å². The molecule has 0 aromatic heterocycles. The van der Waals surface area contributed by atoms with E-state index in [-0.39, 0.29) is 24.5 Å². The fraction of sp³-hybridized carbons (Fsp3) is 0.529. The Hall–Kier alpha value is -2.53. The van der Waals surface area contributed by atoms with E-state index >= 15 is 0 Å². The first-order chi connectivity index (χ1) is 11.5. The van der Waals surface area contributed by atoms with E-state index in [1.165, 1.54) is 0 Å². The monoisotopic (exact) mass is 328 g/mol. The van der Waals surface area contributed by atoms with E-state index in [1.807, 2.05) is 37.3 Å². The zero-order valence-corrected chi connectivity index (χ0v) is 13.6. The van der Waals surface area contributed by atoms with Crippen LogP contribution in [0.1, 0.15) is 25.3 Å². The Morgan fingerprint density at radius 1 is 1.29 bits per heavy atom. The van der Waals surface area contributed by atoms with E-state index in [4.69, 9.17) is 10.3 Å². The Bertz CT molecular complexity index is 670. The third-order valence-corrected chi connectivity index (χ3v) is 5.12. The number of carbonyl (C=O) groups is 2. The van der Waals surface area contributed by atoms with Crippen molar-refractivity contribution < 1.29 is 14.3 Å². The number of carbonyl (C=O) groups excluding carboxylic acids is 2. The molecule has 7 nitrogen and oxygen atoms in total. The number of hydrogen-bond acceptors (Lipinski definition) is 3. The summed E-state index contributed by atoms with van der Waals surface area (Å²) in [6.45, 7) is 3.30. The summed E-state index contributed by atoms with van der Waals surface area (Å²) in [7, 11) is 0. The van der Waals surface area contributed by atoms with E-state index in [0.717, 1.165) is 5.56 Å². The second-order valence-corrected chi connectivity index (χ2v) is 6.93. The summed E-state index contributed by atoms with van der Waals surface area (Å²) >= 11 is 0. The quantitative estimate of drug-likeness (QED) is 0.482. The van der Waals surface area contributed by atoms with Crippen LogP contribution in [-0.2, 0) is 16.1 Å². The number of rotatable bonds is 3. The standard InChI is InChI=1S/C17H20N4O3/c1-17(15(22)19-20-18)7-13-9-21(10-14(13)8-17)16(23)24-11-12-5-3-2-4-6-12/h2-6,13-14H,7-11H2,1H3/t13-,14+,17?. The lowest BCUT2D eigenvalue weighted by Gasteiger charge is -2.23. The molecule has 2 aliphatic rings. The van der Waals surface area contributed by atoms with Crippen molar-refractivity contribution in [3.8, 4) is 0 Å². The largest absolute Gasteiger partial charge is 0.445 e. The second kappa shape index (κ2) is 6.53. The molecular weight excluding hydrogens is 308 g/mol. The van der Waals surface area contributed by atoms with Crippen LogP contribution in [-0.4, -0.2) is 30.0 Å². The number of amides is 2. The summed E-state index contributed by atoms with van der Waals surface area (Å²) in [6.07, 6.45) is 0.993. The first kappa shape index (κ1) is 16.3. The normalized spacial score (nSPS) is 28.1. The second-order valence-electron chi connectivity index (χ2n) is 6.93. The van der Waals surface area contributed by atoms with Crippen LogP contribution in [0.4, 0.5) is 4.79 Å². The molecule has 1 aromatic carbocycles.